The number of benzene rings is 2. The molecule has 2 aromatic rings. The molecule has 0 aromatic heterocycles. The Balaban J connectivity index is 2.20. The summed E-state index contributed by atoms with van der Waals surface area (Å²) in [5, 5.41) is 11.0. The van der Waals surface area contributed by atoms with Crippen molar-refractivity contribution in [2.75, 3.05) is 0 Å². The van der Waals surface area contributed by atoms with Gasteiger partial charge in [-0.2, -0.15) is 0 Å². The van der Waals surface area contributed by atoms with Gasteiger partial charge in [-0.15, -0.1) is 0 Å². The van der Waals surface area contributed by atoms with Crippen LogP contribution in [0.15, 0.2) is 36.4 Å². The van der Waals surface area contributed by atoms with Crippen molar-refractivity contribution in [1.82, 2.24) is 0 Å². The van der Waals surface area contributed by atoms with Gasteiger partial charge in [0.15, 0.2) is 0 Å². The topological polar surface area (TPSA) is 20.2 Å². The van der Waals surface area contributed by atoms with E-state index in [0.717, 1.165) is 21.7 Å². The maximum Gasteiger partial charge on any atom is 0.0831 e. The minimum atomic E-state index is -0.514. The summed E-state index contributed by atoms with van der Waals surface area (Å²) in [6.07, 6.45) is 0.0289. The average molecular weight is 275 g/mol. The number of hydrogen-bond donors (Lipinski definition) is 1. The second-order valence-corrected chi connectivity index (χ2v) is 5.57. The number of aliphatic hydroxyl groups excluding tert-OH is 1. The molecule has 0 aliphatic carbocycles. The molecule has 0 spiro atoms. The van der Waals surface area contributed by atoms with Crippen molar-refractivity contribution in [3.05, 3.63) is 69.2 Å². The monoisotopic (exact) mass is 274 g/mol. The standard InChI is InChI=1S/C17H19ClO/c1-11-4-6-14(16(18)8-11)10-17(19)15-7-5-12(2)13(3)9-15/h4-9,17,19H,10H2,1-3H3. The predicted octanol–water partition coefficient (Wildman–Crippen LogP) is 4.54. The molecule has 2 aromatic carbocycles. The largest absolute Gasteiger partial charge is 0.388 e. The zero-order chi connectivity index (χ0) is 14.0. The first kappa shape index (κ1) is 14.1. The Bertz CT molecular complexity index is 590. The van der Waals surface area contributed by atoms with E-state index in [1.54, 1.807) is 0 Å². The van der Waals surface area contributed by atoms with Crippen molar-refractivity contribution in [2.24, 2.45) is 0 Å². The Kier molecular flexibility index (Phi) is 4.28. The summed E-state index contributed by atoms with van der Waals surface area (Å²) in [5.74, 6) is 0. The maximum atomic E-state index is 10.3. The van der Waals surface area contributed by atoms with E-state index in [2.05, 4.69) is 13.8 Å². The summed E-state index contributed by atoms with van der Waals surface area (Å²) in [5.41, 5.74) is 5.50. The van der Waals surface area contributed by atoms with Crippen LogP contribution < -0.4 is 0 Å². The van der Waals surface area contributed by atoms with Crippen molar-refractivity contribution in [1.29, 1.82) is 0 Å². The Hall–Kier alpha value is -1.31. The van der Waals surface area contributed by atoms with Crippen LogP contribution in [0.4, 0.5) is 0 Å². The van der Waals surface area contributed by atoms with Crippen LogP contribution in [0, 0.1) is 20.8 Å². The Morgan fingerprint density at radius 3 is 2.37 bits per heavy atom. The molecular weight excluding hydrogens is 256 g/mol. The Labute approximate surface area is 119 Å². The lowest BCUT2D eigenvalue weighted by molar-refractivity contribution is 0.178. The SMILES string of the molecule is Cc1ccc(CC(O)c2ccc(C)c(C)c2)c(Cl)c1. The summed E-state index contributed by atoms with van der Waals surface area (Å²) in [6.45, 7) is 6.14. The lowest BCUT2D eigenvalue weighted by Crippen LogP contribution is -2.03. The quantitative estimate of drug-likeness (QED) is 0.871. The zero-order valence-electron chi connectivity index (χ0n) is 11.6. The summed E-state index contributed by atoms with van der Waals surface area (Å²) in [4.78, 5) is 0. The number of halogens is 1. The van der Waals surface area contributed by atoms with E-state index in [4.69, 9.17) is 11.6 Å². The van der Waals surface area contributed by atoms with E-state index in [-0.39, 0.29) is 0 Å². The van der Waals surface area contributed by atoms with E-state index in [0.29, 0.717) is 6.42 Å². The fourth-order valence-electron chi connectivity index (χ4n) is 2.12. The number of hydrogen-bond acceptors (Lipinski definition) is 1. The molecule has 1 atom stereocenters. The second-order valence-electron chi connectivity index (χ2n) is 5.16. The smallest absolute Gasteiger partial charge is 0.0831 e. The van der Waals surface area contributed by atoms with Gasteiger partial charge in [0.1, 0.15) is 0 Å². The molecule has 0 saturated heterocycles. The van der Waals surface area contributed by atoms with Crippen molar-refractivity contribution < 1.29 is 5.11 Å². The zero-order valence-corrected chi connectivity index (χ0v) is 12.3. The summed E-state index contributed by atoms with van der Waals surface area (Å²) < 4.78 is 0. The minimum absolute atomic E-state index is 0.514. The number of aliphatic hydroxyl groups is 1. The van der Waals surface area contributed by atoms with E-state index < -0.39 is 6.10 Å². The number of aryl methyl sites for hydroxylation is 3. The molecule has 0 radical (unpaired) electrons. The normalized spacial score (nSPS) is 12.5. The molecule has 0 fully saturated rings. The van der Waals surface area contributed by atoms with Gasteiger partial charge in [-0.05, 0) is 54.7 Å². The molecule has 0 amide bonds. The molecular formula is C17H19ClO. The molecule has 0 aliphatic heterocycles. The first-order valence-corrected chi connectivity index (χ1v) is 6.85. The van der Waals surface area contributed by atoms with Gasteiger partial charge >= 0.3 is 0 Å². The Morgan fingerprint density at radius 2 is 1.74 bits per heavy atom. The molecule has 100 valence electrons. The lowest BCUT2D eigenvalue weighted by Gasteiger charge is -2.14. The van der Waals surface area contributed by atoms with Crippen LogP contribution in [-0.4, -0.2) is 5.11 Å². The van der Waals surface area contributed by atoms with Crippen LogP contribution in [0.25, 0.3) is 0 Å². The second kappa shape index (κ2) is 5.77. The third kappa shape index (κ3) is 3.37. The highest BCUT2D eigenvalue weighted by Crippen LogP contribution is 2.25. The van der Waals surface area contributed by atoms with Gasteiger partial charge < -0.3 is 5.11 Å². The Morgan fingerprint density at radius 1 is 1.00 bits per heavy atom. The third-order valence-corrected chi connectivity index (χ3v) is 3.89. The van der Waals surface area contributed by atoms with Gasteiger partial charge in [-0.3, -0.25) is 0 Å². The number of rotatable bonds is 3. The highest BCUT2D eigenvalue weighted by molar-refractivity contribution is 6.31. The van der Waals surface area contributed by atoms with Crippen molar-refractivity contribution in [2.45, 2.75) is 33.3 Å². The molecule has 0 saturated carbocycles. The highest BCUT2D eigenvalue weighted by atomic mass is 35.5. The van der Waals surface area contributed by atoms with Crippen LogP contribution >= 0.6 is 11.6 Å². The summed E-state index contributed by atoms with van der Waals surface area (Å²) in [6, 6.07) is 12.0. The van der Waals surface area contributed by atoms with Crippen molar-refractivity contribution >= 4 is 11.6 Å². The molecule has 0 aliphatic rings. The average Bonchev–Trinajstić information content (AvgIpc) is 2.36. The molecule has 0 bridgehead atoms. The fraction of sp³-hybridized carbons (Fsp3) is 0.294. The molecule has 2 rings (SSSR count). The summed E-state index contributed by atoms with van der Waals surface area (Å²) >= 11 is 6.21. The van der Waals surface area contributed by atoms with Crippen LogP contribution in [-0.2, 0) is 6.42 Å². The van der Waals surface area contributed by atoms with Gasteiger partial charge in [0.2, 0.25) is 0 Å². The van der Waals surface area contributed by atoms with Crippen LogP contribution in [0.3, 0.4) is 0 Å². The molecule has 1 nitrogen and oxygen atoms in total. The van der Waals surface area contributed by atoms with Gasteiger partial charge in [0.05, 0.1) is 6.10 Å². The molecule has 19 heavy (non-hydrogen) atoms. The van der Waals surface area contributed by atoms with E-state index in [9.17, 15) is 5.11 Å². The lowest BCUT2D eigenvalue weighted by atomic mass is 9.97. The predicted molar refractivity (Wildman–Crippen MR) is 80.8 cm³/mol. The van der Waals surface area contributed by atoms with Crippen LogP contribution in [0.2, 0.25) is 5.02 Å². The van der Waals surface area contributed by atoms with Gasteiger partial charge in [0, 0.05) is 11.4 Å². The van der Waals surface area contributed by atoms with E-state index in [1.807, 2.05) is 43.3 Å². The molecule has 2 heteroatoms. The maximum absolute atomic E-state index is 10.3. The van der Waals surface area contributed by atoms with Crippen LogP contribution in [0.5, 0.6) is 0 Å². The summed E-state index contributed by atoms with van der Waals surface area (Å²) in [7, 11) is 0. The van der Waals surface area contributed by atoms with E-state index in [1.165, 1.54) is 11.1 Å². The molecule has 1 unspecified atom stereocenters. The molecule has 1 N–H and O–H groups in total. The van der Waals surface area contributed by atoms with Gasteiger partial charge in [0.25, 0.3) is 0 Å². The van der Waals surface area contributed by atoms with E-state index >= 15 is 0 Å². The first-order valence-electron chi connectivity index (χ1n) is 6.47. The highest BCUT2D eigenvalue weighted by Gasteiger charge is 2.11. The van der Waals surface area contributed by atoms with Crippen molar-refractivity contribution in [3.63, 3.8) is 0 Å². The minimum Gasteiger partial charge on any atom is -0.388 e. The molecule has 0 heterocycles. The van der Waals surface area contributed by atoms with Gasteiger partial charge in [-0.1, -0.05) is 41.9 Å². The van der Waals surface area contributed by atoms with Crippen LogP contribution in [0.1, 0.15) is 33.9 Å². The fourth-order valence-corrected chi connectivity index (χ4v) is 2.43. The van der Waals surface area contributed by atoms with Crippen molar-refractivity contribution in [3.8, 4) is 0 Å². The third-order valence-electron chi connectivity index (χ3n) is 3.54. The first-order chi connectivity index (χ1) is 8.97. The van der Waals surface area contributed by atoms with Gasteiger partial charge in [-0.25, -0.2) is 0 Å².